The lowest BCUT2D eigenvalue weighted by Gasteiger charge is -2.23. The third-order valence-corrected chi connectivity index (χ3v) is 6.81. The summed E-state index contributed by atoms with van der Waals surface area (Å²) in [5.41, 5.74) is 4.25. The number of carbonyl (C=O) groups is 1. The quantitative estimate of drug-likeness (QED) is 0.839. The predicted molar refractivity (Wildman–Crippen MR) is 114 cm³/mol. The van der Waals surface area contributed by atoms with E-state index in [1.807, 2.05) is 25.1 Å². The van der Waals surface area contributed by atoms with Gasteiger partial charge in [0.25, 0.3) is 0 Å². The van der Waals surface area contributed by atoms with Crippen molar-refractivity contribution in [1.29, 1.82) is 0 Å². The van der Waals surface area contributed by atoms with Crippen LogP contribution in [0.5, 0.6) is 0 Å². The van der Waals surface area contributed by atoms with Crippen LogP contribution in [0.15, 0.2) is 36.4 Å². The lowest BCUT2D eigenvalue weighted by Crippen LogP contribution is -2.33. The van der Waals surface area contributed by atoms with Gasteiger partial charge >= 0.3 is 0 Å². The van der Waals surface area contributed by atoms with Crippen molar-refractivity contribution in [1.82, 2.24) is 4.90 Å². The molecular formula is C23H27FN4O. The first-order chi connectivity index (χ1) is 14.0. The van der Waals surface area contributed by atoms with Crippen molar-refractivity contribution in [2.24, 2.45) is 5.92 Å². The summed E-state index contributed by atoms with van der Waals surface area (Å²) in [5.74, 6) is 0.354. The molecule has 5 rings (SSSR count). The molecule has 2 fully saturated rings. The lowest BCUT2D eigenvalue weighted by molar-refractivity contribution is -0.116. The van der Waals surface area contributed by atoms with Crippen LogP contribution in [0.2, 0.25) is 0 Å². The molecular weight excluding hydrogens is 367 g/mol. The normalized spacial score (nSPS) is 25.6. The van der Waals surface area contributed by atoms with E-state index in [1.165, 1.54) is 19.0 Å². The third-order valence-electron chi connectivity index (χ3n) is 6.81. The molecule has 152 valence electrons. The summed E-state index contributed by atoms with van der Waals surface area (Å²) in [5, 5.41) is 6.22. The van der Waals surface area contributed by atoms with Gasteiger partial charge < -0.3 is 20.4 Å². The molecule has 0 saturated carbocycles. The van der Waals surface area contributed by atoms with E-state index in [0.29, 0.717) is 18.0 Å². The van der Waals surface area contributed by atoms with Crippen LogP contribution in [0.4, 0.5) is 21.5 Å². The van der Waals surface area contributed by atoms with Gasteiger partial charge in [-0.2, -0.15) is 0 Å². The Labute approximate surface area is 170 Å². The molecule has 0 radical (unpaired) electrons. The summed E-state index contributed by atoms with van der Waals surface area (Å²) >= 11 is 0. The van der Waals surface area contributed by atoms with Gasteiger partial charge in [-0.15, -0.1) is 0 Å². The summed E-state index contributed by atoms with van der Waals surface area (Å²) in [7, 11) is 2.21. The van der Waals surface area contributed by atoms with E-state index in [-0.39, 0.29) is 11.7 Å². The Hall–Kier alpha value is -2.60. The molecule has 3 aliphatic rings. The van der Waals surface area contributed by atoms with Crippen molar-refractivity contribution in [2.45, 2.75) is 31.8 Å². The number of fused-ring (bicyclic) bond motifs is 2. The number of benzene rings is 2. The highest BCUT2D eigenvalue weighted by molar-refractivity contribution is 5.98. The zero-order chi connectivity index (χ0) is 20.1. The molecule has 2 saturated heterocycles. The maximum Gasteiger partial charge on any atom is 0.247 e. The van der Waals surface area contributed by atoms with E-state index >= 15 is 0 Å². The van der Waals surface area contributed by atoms with Crippen LogP contribution < -0.4 is 15.5 Å². The van der Waals surface area contributed by atoms with E-state index in [0.717, 1.165) is 41.6 Å². The number of hydrogen-bond donors (Lipinski definition) is 2. The number of aryl methyl sites for hydroxylation is 1. The van der Waals surface area contributed by atoms with Gasteiger partial charge in [0.2, 0.25) is 5.91 Å². The lowest BCUT2D eigenvalue weighted by atomic mass is 10.1. The highest BCUT2D eigenvalue weighted by atomic mass is 19.1. The molecule has 3 heterocycles. The van der Waals surface area contributed by atoms with Crippen molar-refractivity contribution >= 4 is 23.0 Å². The van der Waals surface area contributed by atoms with Gasteiger partial charge in [0.15, 0.2) is 0 Å². The highest BCUT2D eigenvalue weighted by Crippen LogP contribution is 2.34. The van der Waals surface area contributed by atoms with E-state index in [4.69, 9.17) is 0 Å². The average molecular weight is 394 g/mol. The van der Waals surface area contributed by atoms with Crippen molar-refractivity contribution in [3.8, 4) is 0 Å². The zero-order valence-corrected chi connectivity index (χ0v) is 16.9. The van der Waals surface area contributed by atoms with Crippen LogP contribution in [0.1, 0.15) is 17.5 Å². The molecule has 0 bridgehead atoms. The number of halogens is 1. The Bertz CT molecular complexity index is 931. The molecule has 29 heavy (non-hydrogen) atoms. The molecule has 2 aromatic carbocycles. The van der Waals surface area contributed by atoms with Gasteiger partial charge in [-0.25, -0.2) is 4.39 Å². The molecule has 2 N–H and O–H groups in total. The number of nitrogens with zero attached hydrogens (tertiary/aromatic N) is 2. The van der Waals surface area contributed by atoms with Gasteiger partial charge in [0, 0.05) is 48.2 Å². The second-order valence-corrected chi connectivity index (χ2v) is 8.66. The molecule has 0 aromatic heterocycles. The Morgan fingerprint density at radius 3 is 2.90 bits per heavy atom. The fourth-order valence-corrected chi connectivity index (χ4v) is 5.12. The van der Waals surface area contributed by atoms with Crippen LogP contribution in [0.3, 0.4) is 0 Å². The Morgan fingerprint density at radius 1 is 1.24 bits per heavy atom. The Morgan fingerprint density at radius 2 is 2.10 bits per heavy atom. The molecule has 1 amide bonds. The Kier molecular flexibility index (Phi) is 4.46. The molecule has 0 spiro atoms. The van der Waals surface area contributed by atoms with Gasteiger partial charge in [0.1, 0.15) is 11.9 Å². The van der Waals surface area contributed by atoms with Crippen LogP contribution in [-0.4, -0.2) is 49.6 Å². The number of hydrogen-bond acceptors (Lipinski definition) is 4. The molecule has 6 heteroatoms. The average Bonchev–Trinajstić information content (AvgIpc) is 3.41. The predicted octanol–water partition coefficient (Wildman–Crippen LogP) is 3.25. The molecule has 3 unspecified atom stereocenters. The van der Waals surface area contributed by atoms with Crippen LogP contribution >= 0.6 is 0 Å². The molecule has 3 atom stereocenters. The molecule has 0 aliphatic carbocycles. The van der Waals surface area contributed by atoms with Gasteiger partial charge in [-0.1, -0.05) is 12.1 Å². The molecule has 3 aliphatic heterocycles. The number of anilines is 3. The number of likely N-dealkylation sites (N-methyl/N-ethyl adjacent to an activating group) is 1. The zero-order valence-electron chi connectivity index (χ0n) is 16.9. The standard InChI is InChI=1S/C23H27FN4O/c1-14-6-7-19(24)18-11-20(26-22(14)18)23(29)25-16-4-3-5-17(10-16)28-12-15-8-9-27(2)21(15)13-28/h3-7,10,15,20-21,26H,8-9,11-13H2,1-2H3,(H,25,29). The monoisotopic (exact) mass is 394 g/mol. The second kappa shape index (κ2) is 7.02. The van der Waals surface area contributed by atoms with Gasteiger partial charge in [-0.3, -0.25) is 4.79 Å². The number of nitrogens with one attached hydrogen (secondary N) is 2. The van der Waals surface area contributed by atoms with E-state index < -0.39 is 6.04 Å². The third kappa shape index (κ3) is 3.25. The first kappa shape index (κ1) is 18.4. The summed E-state index contributed by atoms with van der Waals surface area (Å²) < 4.78 is 14.1. The summed E-state index contributed by atoms with van der Waals surface area (Å²) in [4.78, 5) is 17.7. The SMILES string of the molecule is Cc1ccc(F)c2c1NC(C(=O)Nc1cccc(N3CC4CCN(C)C4C3)c1)C2. The summed E-state index contributed by atoms with van der Waals surface area (Å²) in [6, 6.07) is 11.5. The topological polar surface area (TPSA) is 47.6 Å². The smallest absolute Gasteiger partial charge is 0.247 e. The van der Waals surface area contributed by atoms with Crippen molar-refractivity contribution in [3.63, 3.8) is 0 Å². The summed E-state index contributed by atoms with van der Waals surface area (Å²) in [6.07, 6.45) is 1.63. The van der Waals surface area contributed by atoms with Crippen molar-refractivity contribution in [3.05, 3.63) is 53.3 Å². The van der Waals surface area contributed by atoms with Gasteiger partial charge in [-0.05, 0) is 62.7 Å². The largest absolute Gasteiger partial charge is 0.373 e. The molecule has 5 nitrogen and oxygen atoms in total. The molecule has 2 aromatic rings. The van der Waals surface area contributed by atoms with Crippen molar-refractivity contribution in [2.75, 3.05) is 42.2 Å². The van der Waals surface area contributed by atoms with Crippen molar-refractivity contribution < 1.29 is 9.18 Å². The maximum absolute atomic E-state index is 14.1. The minimum absolute atomic E-state index is 0.129. The minimum atomic E-state index is -0.455. The number of likely N-dealkylation sites (tertiary alicyclic amines) is 1. The Balaban J connectivity index is 1.27. The van der Waals surface area contributed by atoms with Gasteiger partial charge in [0.05, 0.1) is 0 Å². The van der Waals surface area contributed by atoms with Crippen LogP contribution in [-0.2, 0) is 11.2 Å². The minimum Gasteiger partial charge on any atom is -0.373 e. The first-order valence-corrected chi connectivity index (χ1v) is 10.4. The van der Waals surface area contributed by atoms with E-state index in [9.17, 15) is 9.18 Å². The second-order valence-electron chi connectivity index (χ2n) is 8.66. The fourth-order valence-electron chi connectivity index (χ4n) is 5.12. The van der Waals surface area contributed by atoms with Crippen LogP contribution in [0.25, 0.3) is 0 Å². The first-order valence-electron chi connectivity index (χ1n) is 10.4. The van der Waals surface area contributed by atoms with Crippen LogP contribution in [0, 0.1) is 18.7 Å². The highest BCUT2D eigenvalue weighted by Gasteiger charge is 2.39. The van der Waals surface area contributed by atoms with E-state index in [1.54, 1.807) is 6.07 Å². The summed E-state index contributed by atoms with van der Waals surface area (Å²) in [6.45, 7) is 5.23. The maximum atomic E-state index is 14.1. The number of carbonyl (C=O) groups excluding carboxylic acids is 1. The number of amides is 1. The number of rotatable bonds is 3. The van der Waals surface area contributed by atoms with E-state index in [2.05, 4.69) is 33.5 Å². The fraction of sp³-hybridized carbons (Fsp3) is 0.435.